The molecule has 0 aliphatic rings. The van der Waals surface area contributed by atoms with Crippen LogP contribution in [-0.2, 0) is 0 Å². The van der Waals surface area contributed by atoms with Gasteiger partial charge in [-0.1, -0.05) is 125 Å². The summed E-state index contributed by atoms with van der Waals surface area (Å²) in [4.78, 5) is 0. The Morgan fingerprint density at radius 3 is 1.11 bits per heavy atom. The molecule has 0 aromatic heterocycles. The van der Waals surface area contributed by atoms with Crippen LogP contribution in [0.3, 0.4) is 0 Å². The summed E-state index contributed by atoms with van der Waals surface area (Å²) in [5, 5.41) is 0. The van der Waals surface area contributed by atoms with E-state index in [0.29, 0.717) is 0 Å². The van der Waals surface area contributed by atoms with E-state index < -0.39 is 35.8 Å². The largest absolute Gasteiger partial charge is 3.00 e. The molecule has 9 heteroatoms. The van der Waals surface area contributed by atoms with Crippen LogP contribution in [-0.4, -0.2) is 50.1 Å². The van der Waals surface area contributed by atoms with Crippen LogP contribution in [0, 0.1) is 53.0 Å². The SMILES string of the molecule is COc1ccccc1-c1[c-]c(-c2ccccc2OC)ccc1.C[SiH](C)[N-][SiH](C)C.C[SiH](C)[N-][SiH](C)C.[Yb+3]. The number of rotatable bonds is 8. The maximum Gasteiger partial charge on any atom is 3.00 e. The molecule has 0 spiro atoms. The molecule has 0 aliphatic heterocycles. The van der Waals surface area contributed by atoms with Gasteiger partial charge in [0, 0.05) is 0 Å². The van der Waals surface area contributed by atoms with Crippen LogP contribution in [0.2, 0.25) is 52.4 Å². The van der Waals surface area contributed by atoms with E-state index in [0.717, 1.165) is 33.8 Å². The van der Waals surface area contributed by atoms with E-state index in [4.69, 9.17) is 9.47 Å². The van der Waals surface area contributed by atoms with Gasteiger partial charge in [0.1, 0.15) is 0 Å². The number of ether oxygens (including phenoxy) is 2. The van der Waals surface area contributed by atoms with E-state index in [1.165, 1.54) is 0 Å². The minimum absolute atomic E-state index is 0. The maximum absolute atomic E-state index is 5.45. The number of methoxy groups -OCH3 is 2. The van der Waals surface area contributed by atoms with Gasteiger partial charge < -0.3 is 18.8 Å². The van der Waals surface area contributed by atoms with Crippen molar-refractivity contribution in [1.82, 2.24) is 0 Å². The Morgan fingerprint density at radius 2 is 0.838 bits per heavy atom. The Hall–Kier alpha value is -0.433. The molecule has 0 heterocycles. The molecule has 0 atom stereocenters. The third-order valence-corrected chi connectivity index (χ3v) is 14.3. The zero-order valence-corrected chi connectivity index (χ0v) is 30.5. The van der Waals surface area contributed by atoms with Crippen molar-refractivity contribution in [3.63, 3.8) is 0 Å². The van der Waals surface area contributed by atoms with Crippen molar-refractivity contribution in [2.24, 2.45) is 0 Å². The van der Waals surface area contributed by atoms with Crippen molar-refractivity contribution < 1.29 is 56.4 Å². The number of hydrogen-bond donors (Lipinski definition) is 0. The smallest absolute Gasteiger partial charge is 0.672 e. The average Bonchev–Trinajstić information content (AvgIpc) is 2.83. The summed E-state index contributed by atoms with van der Waals surface area (Å²) < 4.78 is 20.0. The summed E-state index contributed by atoms with van der Waals surface area (Å²) in [6, 6.07) is 25.5. The van der Waals surface area contributed by atoms with Gasteiger partial charge in [-0.15, -0.1) is 35.4 Å². The second-order valence-corrected chi connectivity index (χ2v) is 20.7. The number of nitrogens with zero attached hydrogens (tertiary/aromatic N) is 2. The summed E-state index contributed by atoms with van der Waals surface area (Å²) in [6.45, 7) is 18.2. The Balaban J connectivity index is 0.000000720. The van der Waals surface area contributed by atoms with Crippen molar-refractivity contribution in [1.29, 1.82) is 0 Å². The van der Waals surface area contributed by atoms with Crippen molar-refractivity contribution in [3.8, 4) is 33.8 Å². The number of benzene rings is 3. The van der Waals surface area contributed by atoms with Crippen LogP contribution in [0.25, 0.3) is 31.5 Å². The zero-order valence-electron chi connectivity index (χ0n) is 24.1. The fourth-order valence-electron chi connectivity index (χ4n) is 3.71. The molecule has 0 aliphatic carbocycles. The van der Waals surface area contributed by atoms with Gasteiger partial charge in [0.2, 0.25) is 0 Å². The summed E-state index contributed by atoms with van der Waals surface area (Å²) in [5.41, 5.74) is 4.06. The first kappa shape index (κ1) is 36.6. The molecule has 0 amide bonds. The van der Waals surface area contributed by atoms with Crippen LogP contribution in [0.15, 0.2) is 66.7 Å². The number of para-hydroxylation sites is 2. The molecule has 0 saturated heterocycles. The van der Waals surface area contributed by atoms with E-state index in [9.17, 15) is 0 Å². The van der Waals surface area contributed by atoms with Crippen molar-refractivity contribution in [2.45, 2.75) is 52.4 Å². The molecule has 3 rings (SSSR count). The van der Waals surface area contributed by atoms with Gasteiger partial charge in [-0.2, -0.15) is 0 Å². The fourth-order valence-corrected chi connectivity index (χ4v) is 13.3. The van der Waals surface area contributed by atoms with Gasteiger partial charge >= 0.3 is 46.9 Å². The Labute approximate surface area is 272 Å². The second kappa shape index (κ2) is 20.5. The molecule has 0 saturated carbocycles. The predicted octanol–water partition coefficient (Wildman–Crippen LogP) is 7.49. The van der Waals surface area contributed by atoms with Crippen molar-refractivity contribution in [3.05, 3.63) is 82.1 Å². The third-order valence-electron chi connectivity index (χ3n) is 4.78. The van der Waals surface area contributed by atoms with E-state index in [1.807, 2.05) is 66.7 Å². The molecule has 37 heavy (non-hydrogen) atoms. The molecule has 0 N–H and O–H groups in total. The molecule has 4 nitrogen and oxygen atoms in total. The van der Waals surface area contributed by atoms with Crippen LogP contribution < -0.4 is 9.47 Å². The van der Waals surface area contributed by atoms with Gasteiger partial charge in [-0.3, -0.25) is 0 Å². The monoisotopic (exact) mass is 727 g/mol. The first-order chi connectivity index (χ1) is 17.1. The van der Waals surface area contributed by atoms with Gasteiger partial charge in [-0.25, -0.2) is 0 Å². The Morgan fingerprint density at radius 1 is 0.514 bits per heavy atom. The Kier molecular flexibility index (Phi) is 20.2. The predicted molar refractivity (Wildman–Crippen MR) is 171 cm³/mol. The maximum atomic E-state index is 5.45. The molecule has 0 bridgehead atoms. The molecule has 3 aromatic rings. The Bertz CT molecular complexity index is 932. The normalized spacial score (nSPS) is 10.3. The third kappa shape index (κ3) is 15.1. The van der Waals surface area contributed by atoms with E-state index in [2.05, 4.69) is 67.7 Å². The molecule has 0 fully saturated rings. The molecular weight excluding hydrogens is 682 g/mol. The summed E-state index contributed by atoms with van der Waals surface area (Å²) >= 11 is 0. The summed E-state index contributed by atoms with van der Waals surface area (Å²) in [6.07, 6.45) is 0. The standard InChI is InChI=1S/C20H17O2.2C4H14NSi2.Yb/c1-21-19-12-5-3-10-17(19)15-8-7-9-16(14-15)18-11-4-6-13-20(18)22-2;2*1-6(2)5-7(3)4;/h3-13H,1-2H3;2*6-7H,1-4H3;/q3*-1;+3. The minimum Gasteiger partial charge on any atom is -0.672 e. The first-order valence-corrected chi connectivity index (χ1v) is 24.1. The van der Waals surface area contributed by atoms with Crippen LogP contribution in [0.1, 0.15) is 0 Å². The summed E-state index contributed by atoms with van der Waals surface area (Å²) in [7, 11) is 1.20. The van der Waals surface area contributed by atoms with Crippen LogP contribution in [0.4, 0.5) is 0 Å². The van der Waals surface area contributed by atoms with Crippen molar-refractivity contribution in [2.75, 3.05) is 14.2 Å². The molecular formula is C28H45N2O2Si4Yb. The molecule has 1 radical (unpaired) electrons. The number of hydrogen-bond acceptors (Lipinski definition) is 2. The van der Waals surface area contributed by atoms with Crippen molar-refractivity contribution >= 4 is 35.8 Å². The van der Waals surface area contributed by atoms with Crippen LogP contribution >= 0.6 is 0 Å². The molecule has 0 unspecified atom stereocenters. The van der Waals surface area contributed by atoms with Gasteiger partial charge in [0.25, 0.3) is 0 Å². The van der Waals surface area contributed by atoms with Crippen LogP contribution in [0.5, 0.6) is 11.5 Å². The van der Waals surface area contributed by atoms with E-state index in [-0.39, 0.29) is 46.9 Å². The fraction of sp³-hybridized carbons (Fsp3) is 0.357. The van der Waals surface area contributed by atoms with Gasteiger partial charge in [-0.05, 0) is 23.3 Å². The van der Waals surface area contributed by atoms with Gasteiger partial charge in [0.15, 0.2) is 0 Å². The minimum atomic E-state index is -0.542. The quantitative estimate of drug-likeness (QED) is 0.179. The van der Waals surface area contributed by atoms with E-state index >= 15 is 0 Å². The topological polar surface area (TPSA) is 46.7 Å². The zero-order chi connectivity index (χ0) is 27.1. The average molecular weight is 727 g/mol. The molecule has 209 valence electrons. The molecule has 3 aromatic carbocycles. The second-order valence-electron chi connectivity index (χ2n) is 9.55. The first-order valence-electron chi connectivity index (χ1n) is 12.8. The van der Waals surface area contributed by atoms with Gasteiger partial charge in [0.05, 0.1) is 25.7 Å². The summed E-state index contributed by atoms with van der Waals surface area (Å²) in [5.74, 6) is 1.69. The van der Waals surface area contributed by atoms with E-state index in [1.54, 1.807) is 14.2 Å².